The first kappa shape index (κ1) is 24.8. The van der Waals surface area contributed by atoms with Crippen LogP contribution in [0.5, 0.6) is 0 Å². The van der Waals surface area contributed by atoms with Crippen molar-refractivity contribution in [3.63, 3.8) is 0 Å². The van der Waals surface area contributed by atoms with E-state index in [1.165, 1.54) is 19.2 Å². The molecule has 0 amide bonds. The Morgan fingerprint density at radius 2 is 1.80 bits per heavy atom. The van der Waals surface area contributed by atoms with E-state index < -0.39 is 17.7 Å². The highest BCUT2D eigenvalue weighted by molar-refractivity contribution is 5.95. The topological polar surface area (TPSA) is 53.9 Å². The van der Waals surface area contributed by atoms with Gasteiger partial charge < -0.3 is 15.0 Å². The van der Waals surface area contributed by atoms with Crippen LogP contribution in [0.1, 0.15) is 42.9 Å². The number of carbonyl (C=O) groups is 1. The quantitative estimate of drug-likeness (QED) is 0.514. The fourth-order valence-corrected chi connectivity index (χ4v) is 4.38. The standard InChI is InChI=1S/C27H30F3N3O2/c1-18-24(25(34)35-2)23(15-14-19-8-4-3-5-9-19)32-26(31-16-20-12-13-20)33(18)17-21-10-6-7-11-22(21)27(28,29)30/h3-11,20,23H,12-17H2,1-2H3,(H,31,32). The Hall–Kier alpha value is -3.29. The number of rotatable bonds is 8. The van der Waals surface area contributed by atoms with Gasteiger partial charge >= 0.3 is 12.1 Å². The average Bonchev–Trinajstić information content (AvgIpc) is 3.67. The first-order chi connectivity index (χ1) is 16.8. The van der Waals surface area contributed by atoms with E-state index in [1.54, 1.807) is 17.9 Å². The van der Waals surface area contributed by atoms with E-state index in [1.807, 2.05) is 30.3 Å². The van der Waals surface area contributed by atoms with Crippen molar-refractivity contribution in [3.8, 4) is 0 Å². The molecule has 0 radical (unpaired) electrons. The first-order valence-corrected chi connectivity index (χ1v) is 11.8. The van der Waals surface area contributed by atoms with Crippen LogP contribution in [-0.2, 0) is 28.7 Å². The van der Waals surface area contributed by atoms with Crippen molar-refractivity contribution in [1.29, 1.82) is 0 Å². The zero-order valence-electron chi connectivity index (χ0n) is 19.9. The Labute approximate surface area is 203 Å². The molecule has 2 aromatic carbocycles. The third-order valence-corrected chi connectivity index (χ3v) is 6.52. The number of nitrogens with one attached hydrogen (secondary N) is 1. The number of benzene rings is 2. The van der Waals surface area contributed by atoms with Crippen molar-refractivity contribution in [2.75, 3.05) is 13.7 Å². The smallest absolute Gasteiger partial charge is 0.416 e. The summed E-state index contributed by atoms with van der Waals surface area (Å²) in [5, 5.41) is 3.37. The van der Waals surface area contributed by atoms with E-state index in [-0.39, 0.29) is 18.2 Å². The Kier molecular flexibility index (Phi) is 7.48. The Bertz CT molecular complexity index is 1110. The van der Waals surface area contributed by atoms with Crippen LogP contribution in [0.25, 0.3) is 0 Å². The zero-order chi connectivity index (χ0) is 25.0. The largest absolute Gasteiger partial charge is 0.466 e. The van der Waals surface area contributed by atoms with Crippen LogP contribution in [0.3, 0.4) is 0 Å². The molecule has 5 nitrogen and oxygen atoms in total. The summed E-state index contributed by atoms with van der Waals surface area (Å²) < 4.78 is 46.2. The highest BCUT2D eigenvalue weighted by atomic mass is 19.4. The number of allylic oxidation sites excluding steroid dienone is 1. The molecule has 1 N–H and O–H groups in total. The highest BCUT2D eigenvalue weighted by Crippen LogP contribution is 2.34. The predicted molar refractivity (Wildman–Crippen MR) is 128 cm³/mol. The lowest BCUT2D eigenvalue weighted by atomic mass is 9.95. The molecule has 2 aliphatic rings. The molecule has 2 aromatic rings. The third kappa shape index (κ3) is 6.05. The van der Waals surface area contributed by atoms with Crippen molar-refractivity contribution >= 4 is 11.9 Å². The van der Waals surface area contributed by atoms with Crippen LogP contribution in [-0.4, -0.2) is 36.5 Å². The van der Waals surface area contributed by atoms with Gasteiger partial charge in [0.05, 0.1) is 30.8 Å². The lowest BCUT2D eigenvalue weighted by Crippen LogP contribution is -2.53. The molecule has 1 saturated carbocycles. The number of nitrogens with zero attached hydrogens (tertiary/aromatic N) is 2. The van der Waals surface area contributed by atoms with Crippen LogP contribution in [0.15, 0.2) is 70.9 Å². The van der Waals surface area contributed by atoms with Crippen LogP contribution >= 0.6 is 0 Å². The molecule has 1 aliphatic carbocycles. The van der Waals surface area contributed by atoms with Crippen LogP contribution < -0.4 is 5.32 Å². The van der Waals surface area contributed by atoms with Gasteiger partial charge in [0, 0.05) is 12.2 Å². The predicted octanol–water partition coefficient (Wildman–Crippen LogP) is 5.33. The minimum atomic E-state index is -4.48. The maximum Gasteiger partial charge on any atom is 0.416 e. The second-order valence-electron chi connectivity index (χ2n) is 9.06. The number of alkyl halides is 3. The van der Waals surface area contributed by atoms with Gasteiger partial charge in [0.1, 0.15) is 0 Å². The SMILES string of the molecule is COC(=O)C1=C(C)N(Cc2ccccc2C(F)(F)F)C(=NCC2CC2)NC1CCc1ccccc1. The molecule has 4 rings (SSSR count). The van der Waals surface area contributed by atoms with Crippen LogP contribution in [0.4, 0.5) is 13.2 Å². The fraction of sp³-hybridized carbons (Fsp3) is 0.407. The molecule has 1 aliphatic heterocycles. The minimum Gasteiger partial charge on any atom is -0.466 e. The number of carbonyl (C=O) groups excluding carboxylic acids is 1. The van der Waals surface area contributed by atoms with Crippen molar-refractivity contribution in [1.82, 2.24) is 10.2 Å². The summed E-state index contributed by atoms with van der Waals surface area (Å²) in [5.74, 6) is 0.503. The number of aliphatic imine (C=N–C) groups is 1. The van der Waals surface area contributed by atoms with Crippen molar-refractivity contribution in [2.24, 2.45) is 10.9 Å². The van der Waals surface area contributed by atoms with Crippen LogP contribution in [0.2, 0.25) is 0 Å². The normalized spacial score (nSPS) is 19.6. The molecule has 1 heterocycles. The second-order valence-corrected chi connectivity index (χ2v) is 9.06. The van der Waals surface area contributed by atoms with Crippen LogP contribution in [0, 0.1) is 5.92 Å². The van der Waals surface area contributed by atoms with E-state index in [4.69, 9.17) is 9.73 Å². The van der Waals surface area contributed by atoms with E-state index >= 15 is 0 Å². The maximum atomic E-state index is 13.7. The molecular weight excluding hydrogens is 455 g/mol. The van der Waals surface area contributed by atoms with Gasteiger partial charge in [-0.2, -0.15) is 13.2 Å². The molecule has 0 bridgehead atoms. The van der Waals surface area contributed by atoms with Gasteiger partial charge in [-0.3, -0.25) is 4.99 Å². The molecule has 0 saturated heterocycles. The fourth-order valence-electron chi connectivity index (χ4n) is 4.38. The Balaban J connectivity index is 1.70. The molecule has 1 atom stereocenters. The minimum absolute atomic E-state index is 0.0656. The number of guanidine groups is 1. The summed E-state index contributed by atoms with van der Waals surface area (Å²) in [6, 6.07) is 15.1. The van der Waals surface area contributed by atoms with E-state index in [0.717, 1.165) is 30.9 Å². The number of esters is 1. The first-order valence-electron chi connectivity index (χ1n) is 11.8. The second kappa shape index (κ2) is 10.5. The Morgan fingerprint density at radius 3 is 2.46 bits per heavy atom. The molecule has 0 aromatic heterocycles. The van der Waals surface area contributed by atoms with E-state index in [0.29, 0.717) is 36.1 Å². The van der Waals surface area contributed by atoms with E-state index in [2.05, 4.69) is 5.32 Å². The van der Waals surface area contributed by atoms with Gasteiger partial charge in [0.15, 0.2) is 5.96 Å². The Morgan fingerprint density at radius 1 is 1.11 bits per heavy atom. The summed E-state index contributed by atoms with van der Waals surface area (Å²) in [7, 11) is 1.32. The summed E-state index contributed by atoms with van der Waals surface area (Å²) >= 11 is 0. The van der Waals surface area contributed by atoms with Gasteiger partial charge in [-0.25, -0.2) is 4.79 Å². The number of aryl methyl sites for hydroxylation is 1. The van der Waals surface area contributed by atoms with E-state index in [9.17, 15) is 18.0 Å². The van der Waals surface area contributed by atoms with Crippen molar-refractivity contribution in [3.05, 3.63) is 82.6 Å². The molecule has 0 spiro atoms. The van der Waals surface area contributed by atoms with Gasteiger partial charge in [-0.05, 0) is 55.7 Å². The van der Waals surface area contributed by atoms with Gasteiger partial charge in [-0.1, -0.05) is 48.5 Å². The highest BCUT2D eigenvalue weighted by Gasteiger charge is 2.37. The third-order valence-electron chi connectivity index (χ3n) is 6.52. The molecular formula is C27H30F3N3O2. The summed E-state index contributed by atoms with van der Waals surface area (Å²) in [5.41, 5.74) is 1.53. The van der Waals surface area contributed by atoms with Crippen molar-refractivity contribution < 1.29 is 22.7 Å². The summed E-state index contributed by atoms with van der Waals surface area (Å²) in [6.07, 6.45) is -0.937. The molecule has 1 fully saturated rings. The summed E-state index contributed by atoms with van der Waals surface area (Å²) in [6.45, 7) is 2.29. The van der Waals surface area contributed by atoms with Crippen molar-refractivity contribution in [2.45, 2.75) is 51.4 Å². The molecule has 35 heavy (non-hydrogen) atoms. The lowest BCUT2D eigenvalue weighted by molar-refractivity contribution is -0.139. The van der Waals surface area contributed by atoms with Gasteiger partial charge in [0.2, 0.25) is 0 Å². The number of halogens is 3. The maximum absolute atomic E-state index is 13.7. The molecule has 1 unspecified atom stereocenters. The average molecular weight is 486 g/mol. The number of methoxy groups -OCH3 is 1. The molecule has 8 heteroatoms. The number of hydrogen-bond donors (Lipinski definition) is 1. The number of hydrogen-bond acceptors (Lipinski definition) is 3. The number of ether oxygens (including phenoxy) is 1. The summed E-state index contributed by atoms with van der Waals surface area (Å²) in [4.78, 5) is 19.3. The van der Waals surface area contributed by atoms with Gasteiger partial charge in [0.25, 0.3) is 0 Å². The van der Waals surface area contributed by atoms with Gasteiger partial charge in [-0.15, -0.1) is 0 Å². The zero-order valence-corrected chi connectivity index (χ0v) is 19.9. The lowest BCUT2D eigenvalue weighted by Gasteiger charge is -2.38. The monoisotopic (exact) mass is 485 g/mol. The molecule has 186 valence electrons.